The summed E-state index contributed by atoms with van der Waals surface area (Å²) >= 11 is 1.27. The van der Waals surface area contributed by atoms with Crippen LogP contribution in [0.1, 0.15) is 22.3 Å². The minimum Gasteiger partial charge on any atom is -0.370 e. The Bertz CT molecular complexity index is 783. The molecule has 0 saturated carbocycles. The second-order valence-electron chi connectivity index (χ2n) is 5.18. The quantitative estimate of drug-likeness (QED) is 0.637. The number of nitrogens with one attached hydrogen (secondary N) is 2. The van der Waals surface area contributed by atoms with E-state index in [0.717, 1.165) is 25.2 Å². The maximum Gasteiger partial charge on any atom is 0.259 e. The summed E-state index contributed by atoms with van der Waals surface area (Å²) in [5, 5.41) is 18.0. The Kier molecular flexibility index (Phi) is 5.12. The molecule has 3 heterocycles. The van der Waals surface area contributed by atoms with Gasteiger partial charge in [0.05, 0.1) is 11.8 Å². The molecule has 0 radical (unpaired) electrons. The average molecular weight is 343 g/mol. The van der Waals surface area contributed by atoms with Crippen molar-refractivity contribution in [2.24, 2.45) is 7.05 Å². The second kappa shape index (κ2) is 7.64. The van der Waals surface area contributed by atoms with Gasteiger partial charge in [-0.2, -0.15) is 5.10 Å². The molecule has 1 amide bonds. The lowest BCUT2D eigenvalue weighted by atomic mass is 10.2. The van der Waals surface area contributed by atoms with Crippen LogP contribution in [-0.2, 0) is 13.5 Å². The van der Waals surface area contributed by atoms with Crippen LogP contribution in [0.15, 0.2) is 36.2 Å². The van der Waals surface area contributed by atoms with Gasteiger partial charge in [-0.05, 0) is 30.5 Å². The molecule has 0 fully saturated rings. The van der Waals surface area contributed by atoms with Gasteiger partial charge in [-0.25, -0.2) is 4.98 Å². The van der Waals surface area contributed by atoms with Gasteiger partial charge in [-0.1, -0.05) is 11.3 Å². The Morgan fingerprint density at radius 3 is 2.92 bits per heavy atom. The van der Waals surface area contributed by atoms with Gasteiger partial charge in [0.25, 0.3) is 5.91 Å². The fourth-order valence-electron chi connectivity index (χ4n) is 2.14. The Labute approximate surface area is 143 Å². The highest BCUT2D eigenvalue weighted by Gasteiger charge is 2.08. The number of carbonyl (C=O) groups is 1. The maximum absolute atomic E-state index is 12.0. The van der Waals surface area contributed by atoms with Crippen molar-refractivity contribution in [1.29, 1.82) is 0 Å². The molecule has 0 aliphatic rings. The van der Waals surface area contributed by atoms with Gasteiger partial charge < -0.3 is 5.32 Å². The zero-order valence-corrected chi connectivity index (χ0v) is 14.0. The molecule has 2 N–H and O–H groups in total. The number of anilines is 2. The minimum absolute atomic E-state index is 0.248. The second-order valence-corrected chi connectivity index (χ2v) is 6.02. The van der Waals surface area contributed by atoms with Crippen LogP contribution in [0, 0.1) is 0 Å². The highest BCUT2D eigenvalue weighted by atomic mass is 32.1. The fourth-order valence-corrected chi connectivity index (χ4v) is 2.58. The number of carbonyl (C=O) groups excluding carboxylic acids is 1. The van der Waals surface area contributed by atoms with E-state index in [0.29, 0.717) is 10.7 Å². The number of rotatable bonds is 7. The molecule has 3 rings (SSSR count). The summed E-state index contributed by atoms with van der Waals surface area (Å²) in [5.41, 5.74) is 3.26. The molecule has 9 heteroatoms. The van der Waals surface area contributed by atoms with Crippen molar-refractivity contribution in [3.63, 3.8) is 0 Å². The third kappa shape index (κ3) is 4.35. The lowest BCUT2D eigenvalue weighted by Gasteiger charge is -2.06. The molecule has 0 unspecified atom stereocenters. The van der Waals surface area contributed by atoms with Gasteiger partial charge in [-0.3, -0.25) is 14.8 Å². The lowest BCUT2D eigenvalue weighted by Crippen LogP contribution is -2.12. The van der Waals surface area contributed by atoms with Gasteiger partial charge in [0.1, 0.15) is 11.3 Å². The van der Waals surface area contributed by atoms with E-state index in [9.17, 15) is 4.79 Å². The molecule has 124 valence electrons. The van der Waals surface area contributed by atoms with Crippen LogP contribution in [0.25, 0.3) is 0 Å². The summed E-state index contributed by atoms with van der Waals surface area (Å²) in [6.07, 6.45) is 7.38. The molecule has 0 aromatic carbocycles. The van der Waals surface area contributed by atoms with Gasteiger partial charge >= 0.3 is 0 Å². The third-order valence-electron chi connectivity index (χ3n) is 3.31. The SMILES string of the molecule is Cn1cc(CCCNc2ccc(C(=O)Nc3nncs3)cn2)cn1. The number of aryl methyl sites for hydroxylation is 2. The van der Waals surface area contributed by atoms with Crippen LogP contribution >= 0.6 is 11.3 Å². The van der Waals surface area contributed by atoms with Crippen LogP contribution in [0.4, 0.5) is 10.9 Å². The van der Waals surface area contributed by atoms with E-state index in [1.165, 1.54) is 16.9 Å². The van der Waals surface area contributed by atoms with Gasteiger partial charge in [0.2, 0.25) is 5.13 Å². The Balaban J connectivity index is 1.45. The normalized spacial score (nSPS) is 10.5. The first kappa shape index (κ1) is 16.1. The minimum atomic E-state index is -0.248. The highest BCUT2D eigenvalue weighted by molar-refractivity contribution is 7.13. The number of amides is 1. The number of hydrogen-bond acceptors (Lipinski definition) is 7. The van der Waals surface area contributed by atoms with Crippen molar-refractivity contribution < 1.29 is 4.79 Å². The summed E-state index contributed by atoms with van der Waals surface area (Å²) in [6, 6.07) is 3.52. The summed E-state index contributed by atoms with van der Waals surface area (Å²) in [7, 11) is 1.91. The number of aromatic nitrogens is 5. The molecule has 0 spiro atoms. The van der Waals surface area contributed by atoms with Crippen molar-refractivity contribution in [2.75, 3.05) is 17.2 Å². The molecule has 0 bridgehead atoms. The Morgan fingerprint density at radius 1 is 1.33 bits per heavy atom. The van der Waals surface area contributed by atoms with E-state index in [-0.39, 0.29) is 5.91 Å². The number of pyridine rings is 1. The van der Waals surface area contributed by atoms with E-state index in [4.69, 9.17) is 0 Å². The summed E-state index contributed by atoms with van der Waals surface area (Å²) in [5.74, 6) is 0.496. The Morgan fingerprint density at radius 2 is 2.25 bits per heavy atom. The predicted octanol–water partition coefficient (Wildman–Crippen LogP) is 1.96. The lowest BCUT2D eigenvalue weighted by molar-refractivity contribution is 0.102. The van der Waals surface area contributed by atoms with Crippen molar-refractivity contribution in [3.8, 4) is 0 Å². The topological polar surface area (TPSA) is 97.6 Å². The molecule has 3 aromatic rings. The molecule has 0 saturated heterocycles. The number of nitrogens with zero attached hydrogens (tertiary/aromatic N) is 5. The first-order valence-electron chi connectivity index (χ1n) is 7.45. The molecule has 0 aliphatic carbocycles. The predicted molar refractivity (Wildman–Crippen MR) is 92.1 cm³/mol. The van der Waals surface area contributed by atoms with E-state index in [1.807, 2.05) is 19.4 Å². The zero-order chi connectivity index (χ0) is 16.8. The van der Waals surface area contributed by atoms with E-state index >= 15 is 0 Å². The van der Waals surface area contributed by atoms with E-state index < -0.39 is 0 Å². The first-order chi connectivity index (χ1) is 11.7. The summed E-state index contributed by atoms with van der Waals surface area (Å²) in [4.78, 5) is 16.3. The van der Waals surface area contributed by atoms with Gasteiger partial charge in [0, 0.05) is 26.0 Å². The van der Waals surface area contributed by atoms with Crippen molar-refractivity contribution in [3.05, 3.63) is 47.4 Å². The third-order valence-corrected chi connectivity index (χ3v) is 3.92. The van der Waals surface area contributed by atoms with Crippen molar-refractivity contribution >= 4 is 28.2 Å². The monoisotopic (exact) mass is 343 g/mol. The standard InChI is InChI=1S/C15H17N7OS/c1-22-9-11(7-19-22)3-2-6-16-13-5-4-12(8-17-13)14(23)20-15-21-18-10-24-15/h4-5,7-10H,2-3,6H2,1H3,(H,16,17)(H,20,21,23). The largest absolute Gasteiger partial charge is 0.370 e. The van der Waals surface area contributed by atoms with Crippen LogP contribution in [-0.4, -0.2) is 37.4 Å². The van der Waals surface area contributed by atoms with Crippen LogP contribution in [0.2, 0.25) is 0 Å². The van der Waals surface area contributed by atoms with E-state index in [1.54, 1.807) is 28.5 Å². The van der Waals surface area contributed by atoms with Crippen LogP contribution in [0.3, 0.4) is 0 Å². The molecule has 0 atom stereocenters. The molecular formula is C15H17N7OS. The zero-order valence-electron chi connectivity index (χ0n) is 13.1. The highest BCUT2D eigenvalue weighted by Crippen LogP contribution is 2.11. The fraction of sp³-hybridized carbons (Fsp3) is 0.267. The molecule has 8 nitrogen and oxygen atoms in total. The maximum atomic E-state index is 12.0. The molecule has 24 heavy (non-hydrogen) atoms. The molecule has 0 aliphatic heterocycles. The summed E-state index contributed by atoms with van der Waals surface area (Å²) in [6.45, 7) is 0.804. The first-order valence-corrected chi connectivity index (χ1v) is 8.33. The van der Waals surface area contributed by atoms with Crippen LogP contribution < -0.4 is 10.6 Å². The van der Waals surface area contributed by atoms with E-state index in [2.05, 4.69) is 30.9 Å². The molecule has 3 aromatic heterocycles. The summed E-state index contributed by atoms with van der Waals surface area (Å²) < 4.78 is 1.80. The van der Waals surface area contributed by atoms with Crippen LogP contribution in [0.5, 0.6) is 0 Å². The van der Waals surface area contributed by atoms with Gasteiger partial charge in [-0.15, -0.1) is 10.2 Å². The van der Waals surface area contributed by atoms with Gasteiger partial charge in [0.15, 0.2) is 0 Å². The molecular weight excluding hydrogens is 326 g/mol. The van der Waals surface area contributed by atoms with Crippen molar-refractivity contribution in [1.82, 2.24) is 25.0 Å². The smallest absolute Gasteiger partial charge is 0.259 e. The average Bonchev–Trinajstić information content (AvgIpc) is 3.24. The van der Waals surface area contributed by atoms with Crippen molar-refractivity contribution in [2.45, 2.75) is 12.8 Å². The number of hydrogen-bond donors (Lipinski definition) is 2. The Hall–Kier alpha value is -2.81.